The van der Waals surface area contributed by atoms with Gasteiger partial charge in [-0.2, -0.15) is 13.9 Å². The molecule has 1 saturated carbocycles. The lowest BCUT2D eigenvalue weighted by molar-refractivity contribution is -0.130. The SMILES string of the molecule is CC(C)Oc1ccc(-c2ccc(N(CCOC(F)F)C(=O)[C@@H]3C[C@H]3c3ccncn3)c3ncnn23)cc1. The van der Waals surface area contributed by atoms with Gasteiger partial charge in [0, 0.05) is 35.8 Å². The molecule has 1 aliphatic rings. The monoisotopic (exact) mass is 508 g/mol. The molecule has 11 heteroatoms. The molecule has 2 atom stereocenters. The molecule has 0 bridgehead atoms. The van der Waals surface area contributed by atoms with Crippen molar-refractivity contribution in [3.63, 3.8) is 0 Å². The molecular weight excluding hydrogens is 482 g/mol. The molecule has 1 fully saturated rings. The van der Waals surface area contributed by atoms with E-state index in [-0.39, 0.29) is 37.0 Å². The first-order chi connectivity index (χ1) is 17.9. The van der Waals surface area contributed by atoms with Crippen LogP contribution < -0.4 is 9.64 Å². The maximum Gasteiger partial charge on any atom is 0.345 e. The second kappa shape index (κ2) is 10.6. The maximum atomic E-state index is 13.6. The fourth-order valence-corrected chi connectivity index (χ4v) is 4.40. The van der Waals surface area contributed by atoms with Crippen molar-refractivity contribution in [2.45, 2.75) is 38.9 Å². The first-order valence-corrected chi connectivity index (χ1v) is 12.0. The smallest absolute Gasteiger partial charge is 0.345 e. The Labute approximate surface area is 212 Å². The molecule has 1 amide bonds. The van der Waals surface area contributed by atoms with Crippen LogP contribution in [0.4, 0.5) is 14.5 Å². The van der Waals surface area contributed by atoms with E-state index in [9.17, 15) is 13.6 Å². The second-order valence-corrected chi connectivity index (χ2v) is 8.99. The minimum Gasteiger partial charge on any atom is -0.491 e. The summed E-state index contributed by atoms with van der Waals surface area (Å²) in [6, 6.07) is 13.0. The lowest BCUT2D eigenvalue weighted by Crippen LogP contribution is -2.36. The van der Waals surface area contributed by atoms with E-state index >= 15 is 0 Å². The van der Waals surface area contributed by atoms with E-state index in [2.05, 4.69) is 24.8 Å². The van der Waals surface area contributed by atoms with Gasteiger partial charge < -0.3 is 14.4 Å². The standard InChI is InChI=1S/C26H26F2N6O3/c1-16(2)37-18-5-3-17(4-6-18)22-7-8-23(24-31-15-32-34(22)24)33(11-12-36-26(27)28)25(35)20-13-19(20)21-9-10-29-14-30-21/h3-10,14-16,19-20,26H,11-13H2,1-2H3/t19-,20-/m1/s1. The van der Waals surface area contributed by atoms with Gasteiger partial charge in [0.2, 0.25) is 5.91 Å². The lowest BCUT2D eigenvalue weighted by Gasteiger charge is -2.24. The number of nitrogens with zero attached hydrogens (tertiary/aromatic N) is 6. The molecule has 192 valence electrons. The van der Waals surface area contributed by atoms with Gasteiger partial charge in [-0.25, -0.2) is 19.5 Å². The number of benzene rings is 1. The van der Waals surface area contributed by atoms with E-state index in [1.807, 2.05) is 44.2 Å². The third kappa shape index (κ3) is 5.41. The van der Waals surface area contributed by atoms with Crippen molar-refractivity contribution < 1.29 is 23.0 Å². The number of rotatable bonds is 10. The number of amides is 1. The van der Waals surface area contributed by atoms with Gasteiger partial charge in [-0.1, -0.05) is 0 Å². The summed E-state index contributed by atoms with van der Waals surface area (Å²) < 4.78 is 37.3. The highest BCUT2D eigenvalue weighted by Gasteiger charge is 2.47. The van der Waals surface area contributed by atoms with E-state index < -0.39 is 6.61 Å². The first-order valence-electron chi connectivity index (χ1n) is 12.0. The molecule has 9 nitrogen and oxygen atoms in total. The van der Waals surface area contributed by atoms with E-state index in [4.69, 9.17) is 4.74 Å². The highest BCUT2D eigenvalue weighted by atomic mass is 19.3. The van der Waals surface area contributed by atoms with Crippen molar-refractivity contribution >= 4 is 17.2 Å². The second-order valence-electron chi connectivity index (χ2n) is 8.99. The Morgan fingerprint density at radius 2 is 1.92 bits per heavy atom. The summed E-state index contributed by atoms with van der Waals surface area (Å²) in [5.41, 5.74) is 3.32. The van der Waals surface area contributed by atoms with Gasteiger partial charge in [0.25, 0.3) is 0 Å². The largest absolute Gasteiger partial charge is 0.491 e. The molecular formula is C26H26F2N6O3. The van der Waals surface area contributed by atoms with Crippen molar-refractivity contribution in [2.24, 2.45) is 5.92 Å². The topological polar surface area (TPSA) is 94.7 Å². The number of hydrogen-bond donors (Lipinski definition) is 0. The summed E-state index contributed by atoms with van der Waals surface area (Å²) in [4.78, 5) is 27.6. The number of carbonyl (C=O) groups is 1. The predicted molar refractivity (Wildman–Crippen MR) is 131 cm³/mol. The van der Waals surface area contributed by atoms with Crippen LogP contribution in [0.3, 0.4) is 0 Å². The van der Waals surface area contributed by atoms with Crippen molar-refractivity contribution in [1.82, 2.24) is 24.6 Å². The zero-order valence-electron chi connectivity index (χ0n) is 20.4. The summed E-state index contributed by atoms with van der Waals surface area (Å²) >= 11 is 0. The molecule has 3 aromatic heterocycles. The van der Waals surface area contributed by atoms with Gasteiger partial charge in [0.15, 0.2) is 5.65 Å². The molecule has 5 rings (SSSR count). The minimum absolute atomic E-state index is 0.0475. The molecule has 0 N–H and O–H groups in total. The Hall–Kier alpha value is -3.99. The molecule has 1 aliphatic carbocycles. The third-order valence-corrected chi connectivity index (χ3v) is 6.13. The Morgan fingerprint density at radius 3 is 2.62 bits per heavy atom. The summed E-state index contributed by atoms with van der Waals surface area (Å²) in [7, 11) is 0. The van der Waals surface area contributed by atoms with Crippen LogP contribution in [0.2, 0.25) is 0 Å². The van der Waals surface area contributed by atoms with Crippen LogP contribution in [-0.2, 0) is 9.53 Å². The van der Waals surface area contributed by atoms with Crippen LogP contribution in [0.25, 0.3) is 16.9 Å². The Bertz CT molecular complexity index is 1360. The van der Waals surface area contributed by atoms with E-state index in [1.165, 1.54) is 17.6 Å². The molecule has 4 aromatic rings. The van der Waals surface area contributed by atoms with Crippen molar-refractivity contribution in [3.8, 4) is 17.0 Å². The van der Waals surface area contributed by atoms with Crippen LogP contribution in [0.15, 0.2) is 61.3 Å². The van der Waals surface area contributed by atoms with Gasteiger partial charge in [-0.3, -0.25) is 4.79 Å². The fourth-order valence-electron chi connectivity index (χ4n) is 4.40. The third-order valence-electron chi connectivity index (χ3n) is 6.13. The molecule has 0 aliphatic heterocycles. The van der Waals surface area contributed by atoms with Gasteiger partial charge in [0.05, 0.1) is 24.1 Å². The zero-order valence-corrected chi connectivity index (χ0v) is 20.4. The fraction of sp³-hybridized carbons (Fsp3) is 0.346. The number of fused-ring (bicyclic) bond motifs is 1. The molecule has 1 aromatic carbocycles. The summed E-state index contributed by atoms with van der Waals surface area (Å²) in [5.74, 6) is 0.185. The van der Waals surface area contributed by atoms with E-state index in [0.29, 0.717) is 17.8 Å². The van der Waals surface area contributed by atoms with Crippen LogP contribution in [-0.4, -0.2) is 56.3 Å². The minimum atomic E-state index is -2.93. The number of ether oxygens (including phenoxy) is 2. The van der Waals surface area contributed by atoms with Gasteiger partial charge in [-0.15, -0.1) is 0 Å². The van der Waals surface area contributed by atoms with Gasteiger partial charge in [0.1, 0.15) is 18.4 Å². The van der Waals surface area contributed by atoms with Gasteiger partial charge in [-0.05, 0) is 62.7 Å². The quantitative estimate of drug-likeness (QED) is 0.314. The Morgan fingerprint density at radius 1 is 1.11 bits per heavy atom. The normalized spacial score (nSPS) is 16.9. The summed E-state index contributed by atoms with van der Waals surface area (Å²) in [6.07, 6.45) is 5.16. The number of alkyl halides is 2. The van der Waals surface area contributed by atoms with Crippen molar-refractivity contribution in [1.29, 1.82) is 0 Å². The molecule has 3 heterocycles. The highest BCUT2D eigenvalue weighted by Crippen LogP contribution is 2.48. The average Bonchev–Trinajstić information content (AvgIpc) is 3.54. The van der Waals surface area contributed by atoms with E-state index in [0.717, 1.165) is 22.7 Å². The van der Waals surface area contributed by atoms with Crippen LogP contribution >= 0.6 is 0 Å². The molecule has 0 saturated heterocycles. The number of hydrogen-bond acceptors (Lipinski definition) is 7. The lowest BCUT2D eigenvalue weighted by atomic mass is 10.1. The number of pyridine rings is 1. The zero-order chi connectivity index (χ0) is 25.9. The first kappa shape index (κ1) is 24.7. The number of carbonyl (C=O) groups excluding carboxylic acids is 1. The van der Waals surface area contributed by atoms with Crippen molar-refractivity contribution in [2.75, 3.05) is 18.1 Å². The van der Waals surface area contributed by atoms with Crippen LogP contribution in [0, 0.1) is 5.92 Å². The summed E-state index contributed by atoms with van der Waals surface area (Å²) in [6.45, 7) is 0.613. The molecule has 0 spiro atoms. The predicted octanol–water partition coefficient (Wildman–Crippen LogP) is 4.35. The summed E-state index contributed by atoms with van der Waals surface area (Å²) in [5, 5.41) is 4.37. The molecule has 0 unspecified atom stereocenters. The average molecular weight is 509 g/mol. The Kier molecular flexibility index (Phi) is 7.04. The van der Waals surface area contributed by atoms with E-state index in [1.54, 1.807) is 22.8 Å². The maximum absolute atomic E-state index is 13.6. The molecule has 0 radical (unpaired) electrons. The van der Waals surface area contributed by atoms with Crippen LogP contribution in [0.1, 0.15) is 31.9 Å². The van der Waals surface area contributed by atoms with Gasteiger partial charge >= 0.3 is 6.61 Å². The number of aromatic nitrogens is 5. The Balaban J connectivity index is 1.45. The number of anilines is 1. The van der Waals surface area contributed by atoms with Crippen molar-refractivity contribution in [3.05, 3.63) is 67.0 Å². The highest BCUT2D eigenvalue weighted by molar-refractivity contribution is 6.00. The van der Waals surface area contributed by atoms with Crippen LogP contribution in [0.5, 0.6) is 5.75 Å². The number of halogens is 2. The molecule has 37 heavy (non-hydrogen) atoms.